The van der Waals surface area contributed by atoms with E-state index in [0.29, 0.717) is 0 Å². The molecule has 2 fully saturated rings. The van der Waals surface area contributed by atoms with E-state index in [2.05, 4.69) is 11.8 Å². The molecule has 2 aliphatic rings. The van der Waals surface area contributed by atoms with Gasteiger partial charge in [0.2, 0.25) is 0 Å². The van der Waals surface area contributed by atoms with Crippen molar-refractivity contribution in [2.24, 2.45) is 17.6 Å². The van der Waals surface area contributed by atoms with Gasteiger partial charge in [-0.05, 0) is 63.6 Å². The van der Waals surface area contributed by atoms with Crippen LogP contribution in [0.25, 0.3) is 0 Å². The van der Waals surface area contributed by atoms with Crippen molar-refractivity contribution in [1.29, 1.82) is 0 Å². The van der Waals surface area contributed by atoms with E-state index < -0.39 is 0 Å². The molecule has 0 bridgehead atoms. The lowest BCUT2D eigenvalue weighted by atomic mass is 9.83. The monoisotopic (exact) mass is 224 g/mol. The van der Waals surface area contributed by atoms with Gasteiger partial charge in [0.1, 0.15) is 0 Å². The highest BCUT2D eigenvalue weighted by Crippen LogP contribution is 2.31. The van der Waals surface area contributed by atoms with Crippen molar-refractivity contribution in [1.82, 2.24) is 4.90 Å². The molecule has 1 saturated carbocycles. The van der Waals surface area contributed by atoms with Crippen LogP contribution < -0.4 is 5.73 Å². The fraction of sp³-hybridized carbons (Fsp3) is 1.00. The number of nitrogens with two attached hydrogens (primary N) is 1. The molecule has 0 amide bonds. The van der Waals surface area contributed by atoms with Gasteiger partial charge in [-0.1, -0.05) is 19.8 Å². The molecule has 1 aliphatic heterocycles. The van der Waals surface area contributed by atoms with Gasteiger partial charge in [-0.2, -0.15) is 0 Å². The summed E-state index contributed by atoms with van der Waals surface area (Å²) in [6, 6.07) is 0.896. The van der Waals surface area contributed by atoms with Crippen LogP contribution in [0.2, 0.25) is 0 Å². The quantitative estimate of drug-likeness (QED) is 0.798. The summed E-state index contributed by atoms with van der Waals surface area (Å²) in [5.74, 6) is 1.85. The average Bonchev–Trinajstić information content (AvgIpc) is 2.31. The molecule has 2 heteroatoms. The second-order valence-corrected chi connectivity index (χ2v) is 5.89. The Bertz CT molecular complexity index is 197. The third-order valence-electron chi connectivity index (χ3n) is 4.76. The summed E-state index contributed by atoms with van der Waals surface area (Å²) >= 11 is 0. The highest BCUT2D eigenvalue weighted by Gasteiger charge is 2.29. The molecule has 2 unspecified atom stereocenters. The zero-order valence-corrected chi connectivity index (χ0v) is 10.8. The van der Waals surface area contributed by atoms with Gasteiger partial charge >= 0.3 is 0 Å². The largest absolute Gasteiger partial charge is 0.330 e. The summed E-state index contributed by atoms with van der Waals surface area (Å²) in [6.45, 7) is 6.00. The fourth-order valence-electron chi connectivity index (χ4n) is 3.65. The molecule has 2 rings (SSSR count). The van der Waals surface area contributed by atoms with Crippen molar-refractivity contribution in [3.8, 4) is 0 Å². The number of likely N-dealkylation sites (tertiary alicyclic amines) is 1. The van der Waals surface area contributed by atoms with Gasteiger partial charge in [0.15, 0.2) is 0 Å². The van der Waals surface area contributed by atoms with E-state index in [1.807, 2.05) is 0 Å². The lowest BCUT2D eigenvalue weighted by molar-refractivity contribution is 0.0734. The summed E-state index contributed by atoms with van der Waals surface area (Å²) in [7, 11) is 0. The molecule has 2 N–H and O–H groups in total. The van der Waals surface area contributed by atoms with Crippen molar-refractivity contribution >= 4 is 0 Å². The van der Waals surface area contributed by atoms with Gasteiger partial charge in [0.25, 0.3) is 0 Å². The number of piperidine rings is 1. The highest BCUT2D eigenvalue weighted by molar-refractivity contribution is 4.84. The molecule has 0 radical (unpaired) electrons. The molecule has 2 nitrogen and oxygen atoms in total. The molecule has 1 heterocycles. The predicted octanol–water partition coefficient (Wildman–Crippen LogP) is 2.63. The van der Waals surface area contributed by atoms with E-state index in [1.165, 1.54) is 58.0 Å². The maximum absolute atomic E-state index is 5.65. The van der Waals surface area contributed by atoms with E-state index in [-0.39, 0.29) is 0 Å². The molecule has 0 aromatic rings. The van der Waals surface area contributed by atoms with E-state index >= 15 is 0 Å². The maximum atomic E-state index is 5.65. The van der Waals surface area contributed by atoms with E-state index in [1.54, 1.807) is 0 Å². The summed E-state index contributed by atoms with van der Waals surface area (Å²) in [5.41, 5.74) is 5.65. The Kier molecular flexibility index (Phi) is 4.66. The van der Waals surface area contributed by atoms with Crippen LogP contribution in [0.4, 0.5) is 0 Å². The highest BCUT2D eigenvalue weighted by atomic mass is 15.2. The van der Waals surface area contributed by atoms with Gasteiger partial charge < -0.3 is 10.6 Å². The minimum atomic E-state index is 0.879. The van der Waals surface area contributed by atoms with Crippen LogP contribution >= 0.6 is 0 Å². The molecule has 2 atom stereocenters. The maximum Gasteiger partial charge on any atom is 0.0121 e. The van der Waals surface area contributed by atoms with Crippen LogP contribution in [0.3, 0.4) is 0 Å². The molecular formula is C14H28N2. The minimum Gasteiger partial charge on any atom is -0.330 e. The smallest absolute Gasteiger partial charge is 0.0121 e. The molecule has 16 heavy (non-hydrogen) atoms. The Morgan fingerprint density at radius 2 is 1.75 bits per heavy atom. The first-order valence-corrected chi connectivity index (χ1v) is 7.25. The first-order chi connectivity index (χ1) is 7.81. The Labute approximate surface area is 101 Å². The Morgan fingerprint density at radius 3 is 2.38 bits per heavy atom. The molecular weight excluding hydrogens is 196 g/mol. The first-order valence-electron chi connectivity index (χ1n) is 7.25. The van der Waals surface area contributed by atoms with Crippen molar-refractivity contribution in [2.75, 3.05) is 19.6 Å². The van der Waals surface area contributed by atoms with Crippen molar-refractivity contribution in [3.63, 3.8) is 0 Å². The number of rotatable bonds is 3. The normalized spacial score (nSPS) is 34.1. The first kappa shape index (κ1) is 12.4. The molecule has 94 valence electrons. The standard InChI is InChI=1S/C14H28N2/c1-12-4-2-3-5-14(12)16-10-7-13(6-9-15)8-11-16/h12-14H,2-11,15H2,1H3. The molecule has 0 aromatic carbocycles. The van der Waals surface area contributed by atoms with E-state index in [0.717, 1.165) is 24.4 Å². The topological polar surface area (TPSA) is 29.3 Å². The predicted molar refractivity (Wildman–Crippen MR) is 69.4 cm³/mol. The van der Waals surface area contributed by atoms with Crippen molar-refractivity contribution in [3.05, 3.63) is 0 Å². The van der Waals surface area contributed by atoms with Crippen LogP contribution in [-0.2, 0) is 0 Å². The van der Waals surface area contributed by atoms with Crippen LogP contribution in [-0.4, -0.2) is 30.6 Å². The van der Waals surface area contributed by atoms with Gasteiger partial charge in [0, 0.05) is 6.04 Å². The lowest BCUT2D eigenvalue weighted by Crippen LogP contribution is -2.45. The minimum absolute atomic E-state index is 0.879. The molecule has 0 spiro atoms. The SMILES string of the molecule is CC1CCCCC1N1CCC(CCN)CC1. The Balaban J connectivity index is 1.79. The fourth-order valence-corrected chi connectivity index (χ4v) is 3.65. The zero-order valence-electron chi connectivity index (χ0n) is 10.8. The molecule has 0 aromatic heterocycles. The zero-order chi connectivity index (χ0) is 11.4. The second-order valence-electron chi connectivity index (χ2n) is 5.89. The summed E-state index contributed by atoms with van der Waals surface area (Å²) < 4.78 is 0. The number of hydrogen-bond donors (Lipinski definition) is 1. The van der Waals surface area contributed by atoms with Crippen molar-refractivity contribution < 1.29 is 0 Å². The third kappa shape index (κ3) is 2.98. The Hall–Kier alpha value is -0.0800. The van der Waals surface area contributed by atoms with Crippen LogP contribution in [0.1, 0.15) is 51.9 Å². The Morgan fingerprint density at radius 1 is 1.06 bits per heavy atom. The third-order valence-corrected chi connectivity index (χ3v) is 4.76. The second kappa shape index (κ2) is 6.02. The van der Waals surface area contributed by atoms with Crippen LogP contribution in [0.5, 0.6) is 0 Å². The van der Waals surface area contributed by atoms with Crippen molar-refractivity contribution in [2.45, 2.75) is 57.9 Å². The van der Waals surface area contributed by atoms with Crippen LogP contribution in [0.15, 0.2) is 0 Å². The van der Waals surface area contributed by atoms with E-state index in [4.69, 9.17) is 5.73 Å². The van der Waals surface area contributed by atoms with E-state index in [9.17, 15) is 0 Å². The summed E-state index contributed by atoms with van der Waals surface area (Å²) in [4.78, 5) is 2.77. The number of nitrogens with zero attached hydrogens (tertiary/aromatic N) is 1. The average molecular weight is 224 g/mol. The number of hydrogen-bond acceptors (Lipinski definition) is 2. The van der Waals surface area contributed by atoms with Crippen LogP contribution in [0, 0.1) is 11.8 Å². The summed E-state index contributed by atoms with van der Waals surface area (Å²) in [5, 5.41) is 0. The lowest BCUT2D eigenvalue weighted by Gasteiger charge is -2.42. The van der Waals surface area contributed by atoms with Gasteiger partial charge in [-0.3, -0.25) is 0 Å². The van der Waals surface area contributed by atoms with Gasteiger partial charge in [-0.25, -0.2) is 0 Å². The van der Waals surface area contributed by atoms with Gasteiger partial charge in [0.05, 0.1) is 0 Å². The molecule has 1 aliphatic carbocycles. The van der Waals surface area contributed by atoms with Gasteiger partial charge in [-0.15, -0.1) is 0 Å². The summed E-state index contributed by atoms with van der Waals surface area (Å²) in [6.07, 6.45) is 9.84. The molecule has 1 saturated heterocycles.